The first-order valence-electron chi connectivity index (χ1n) is 7.92. The van der Waals surface area contributed by atoms with Gasteiger partial charge in [-0.25, -0.2) is 13.1 Å². The Morgan fingerprint density at radius 3 is 2.65 bits per heavy atom. The summed E-state index contributed by atoms with van der Waals surface area (Å²) in [4.78, 5) is 0.330. The Kier molecular flexibility index (Phi) is 5.84. The van der Waals surface area contributed by atoms with E-state index in [0.717, 1.165) is 36.4 Å². The molecule has 0 fully saturated rings. The van der Waals surface area contributed by atoms with Crippen LogP contribution in [0.5, 0.6) is 5.75 Å². The third-order valence-electron chi connectivity index (χ3n) is 4.09. The maximum atomic E-state index is 12.7. The number of sulfonamides is 1. The van der Waals surface area contributed by atoms with E-state index in [1.165, 1.54) is 0 Å². The zero-order valence-corrected chi connectivity index (χ0v) is 15.1. The van der Waals surface area contributed by atoms with E-state index in [0.29, 0.717) is 17.0 Å². The van der Waals surface area contributed by atoms with Crippen LogP contribution in [0.3, 0.4) is 0 Å². The topological polar surface area (TPSA) is 67.4 Å². The number of nitrogens with one attached hydrogen (secondary N) is 2. The van der Waals surface area contributed by atoms with Crippen molar-refractivity contribution in [2.24, 2.45) is 0 Å². The molecule has 2 N–H and O–H groups in total. The molecular weight excluding hydrogens is 312 g/mol. The van der Waals surface area contributed by atoms with E-state index in [2.05, 4.69) is 10.0 Å². The third kappa shape index (κ3) is 4.34. The molecule has 23 heavy (non-hydrogen) atoms. The zero-order valence-electron chi connectivity index (χ0n) is 14.3. The molecule has 0 aromatic heterocycles. The van der Waals surface area contributed by atoms with Crippen LogP contribution in [-0.4, -0.2) is 35.2 Å². The Morgan fingerprint density at radius 2 is 2.09 bits per heavy atom. The molecule has 1 aromatic carbocycles. The summed E-state index contributed by atoms with van der Waals surface area (Å²) < 4.78 is 33.5. The fraction of sp³-hybridized carbons (Fsp3) is 0.529. The van der Waals surface area contributed by atoms with E-state index < -0.39 is 10.0 Å². The molecule has 1 aromatic rings. The van der Waals surface area contributed by atoms with Crippen molar-refractivity contribution in [2.45, 2.75) is 38.0 Å². The number of benzene rings is 1. The first-order valence-corrected chi connectivity index (χ1v) is 9.40. The number of methoxy groups -OCH3 is 1. The highest BCUT2D eigenvalue weighted by molar-refractivity contribution is 7.89. The number of rotatable bonds is 6. The van der Waals surface area contributed by atoms with Gasteiger partial charge in [0.15, 0.2) is 0 Å². The molecule has 6 heteroatoms. The van der Waals surface area contributed by atoms with Gasteiger partial charge in [0.1, 0.15) is 5.75 Å². The smallest absolute Gasteiger partial charge is 0.241 e. The van der Waals surface area contributed by atoms with Crippen molar-refractivity contribution in [3.05, 3.63) is 34.9 Å². The van der Waals surface area contributed by atoms with Gasteiger partial charge >= 0.3 is 0 Å². The molecule has 0 aliphatic carbocycles. The Labute approximate surface area is 139 Å². The maximum absolute atomic E-state index is 12.7. The Balaban J connectivity index is 2.28. The molecule has 0 spiro atoms. The van der Waals surface area contributed by atoms with Crippen molar-refractivity contribution < 1.29 is 13.2 Å². The van der Waals surface area contributed by atoms with Gasteiger partial charge in [-0.1, -0.05) is 25.5 Å². The van der Waals surface area contributed by atoms with Crippen LogP contribution < -0.4 is 14.8 Å². The van der Waals surface area contributed by atoms with Crippen molar-refractivity contribution in [3.63, 3.8) is 0 Å². The molecule has 0 saturated heterocycles. The van der Waals surface area contributed by atoms with E-state index >= 15 is 0 Å². The average Bonchev–Trinajstić information content (AvgIpc) is 2.53. The van der Waals surface area contributed by atoms with Crippen LogP contribution in [0.1, 0.15) is 37.3 Å². The predicted octanol–water partition coefficient (Wildman–Crippen LogP) is 2.33. The van der Waals surface area contributed by atoms with Gasteiger partial charge in [-0.2, -0.15) is 0 Å². The highest BCUT2D eigenvalue weighted by atomic mass is 32.2. The highest BCUT2D eigenvalue weighted by Gasteiger charge is 2.21. The van der Waals surface area contributed by atoms with Gasteiger partial charge in [-0.3, -0.25) is 0 Å². The number of ether oxygens (including phenoxy) is 1. The minimum absolute atomic E-state index is 0.187. The summed E-state index contributed by atoms with van der Waals surface area (Å²) in [6.45, 7) is 7.91. The Bertz CT molecular complexity index is 694. The summed E-state index contributed by atoms with van der Waals surface area (Å²) >= 11 is 0. The van der Waals surface area contributed by atoms with Crippen molar-refractivity contribution in [3.8, 4) is 5.75 Å². The number of hydrogen-bond acceptors (Lipinski definition) is 4. The molecule has 2 rings (SSSR count). The van der Waals surface area contributed by atoms with Crippen LogP contribution in [0.4, 0.5) is 0 Å². The summed E-state index contributed by atoms with van der Waals surface area (Å²) in [5, 5.41) is 3.22. The molecule has 0 radical (unpaired) electrons. The summed E-state index contributed by atoms with van der Waals surface area (Å²) in [6.07, 6.45) is 2.92. The minimum atomic E-state index is -3.54. The van der Waals surface area contributed by atoms with E-state index in [1.54, 1.807) is 26.2 Å². The Morgan fingerprint density at radius 1 is 1.35 bits per heavy atom. The van der Waals surface area contributed by atoms with Crippen molar-refractivity contribution in [1.82, 2.24) is 10.0 Å². The van der Waals surface area contributed by atoms with Crippen LogP contribution in [0, 0.1) is 6.92 Å². The molecule has 5 nitrogen and oxygen atoms in total. The first kappa shape index (κ1) is 18.0. The van der Waals surface area contributed by atoms with Gasteiger partial charge in [0.25, 0.3) is 0 Å². The summed E-state index contributed by atoms with van der Waals surface area (Å²) in [5.74, 6) is 0.921. The lowest BCUT2D eigenvalue weighted by atomic mass is 10.0. The van der Waals surface area contributed by atoms with Crippen LogP contribution in [0.2, 0.25) is 0 Å². The quantitative estimate of drug-likeness (QED) is 0.781. The lowest BCUT2D eigenvalue weighted by Gasteiger charge is -2.18. The average molecular weight is 338 g/mol. The second-order valence-electron chi connectivity index (χ2n) is 6.16. The molecule has 128 valence electrons. The lowest BCUT2D eigenvalue weighted by Crippen LogP contribution is -2.30. The maximum Gasteiger partial charge on any atom is 0.241 e. The summed E-state index contributed by atoms with van der Waals surface area (Å²) in [7, 11) is -1.93. The zero-order chi connectivity index (χ0) is 17.0. The van der Waals surface area contributed by atoms with E-state index in [4.69, 9.17) is 4.74 Å². The molecule has 1 heterocycles. The van der Waals surface area contributed by atoms with Crippen molar-refractivity contribution in [1.29, 1.82) is 0 Å². The second-order valence-corrected chi connectivity index (χ2v) is 7.89. The van der Waals surface area contributed by atoms with Crippen molar-refractivity contribution >= 4 is 10.0 Å². The summed E-state index contributed by atoms with van der Waals surface area (Å²) in [6, 6.07) is 3.53. The van der Waals surface area contributed by atoms with Crippen LogP contribution in [0.25, 0.3) is 0 Å². The molecule has 0 saturated carbocycles. The molecule has 1 aliphatic heterocycles. The highest BCUT2D eigenvalue weighted by Crippen LogP contribution is 2.31. The van der Waals surface area contributed by atoms with Gasteiger partial charge in [0.2, 0.25) is 10.0 Å². The largest absolute Gasteiger partial charge is 0.496 e. The van der Waals surface area contributed by atoms with Gasteiger partial charge < -0.3 is 10.1 Å². The minimum Gasteiger partial charge on any atom is -0.496 e. The van der Waals surface area contributed by atoms with Crippen LogP contribution >= 0.6 is 0 Å². The predicted molar refractivity (Wildman–Crippen MR) is 92.6 cm³/mol. The summed E-state index contributed by atoms with van der Waals surface area (Å²) in [5.41, 5.74) is 2.72. The standard InChI is InChI=1S/C17H26N2O3S/c1-12(2)15-10-17(13(3)9-16(15)22-4)23(20,21)19-11-14-5-7-18-8-6-14/h5,9-10,12,18-19H,6-8,11H2,1-4H3. The molecule has 0 bridgehead atoms. The van der Waals surface area contributed by atoms with Gasteiger partial charge in [-0.05, 0) is 49.1 Å². The second kappa shape index (κ2) is 7.47. The van der Waals surface area contributed by atoms with E-state index in [1.807, 2.05) is 19.9 Å². The normalized spacial score (nSPS) is 15.6. The Hall–Kier alpha value is -1.37. The first-order chi connectivity index (χ1) is 10.8. The monoisotopic (exact) mass is 338 g/mol. The number of hydrogen-bond donors (Lipinski definition) is 2. The van der Waals surface area contributed by atoms with Crippen molar-refractivity contribution in [2.75, 3.05) is 26.7 Å². The van der Waals surface area contributed by atoms with Gasteiger partial charge in [0, 0.05) is 13.1 Å². The number of aryl methyl sites for hydroxylation is 1. The van der Waals surface area contributed by atoms with Crippen LogP contribution in [-0.2, 0) is 10.0 Å². The SMILES string of the molecule is COc1cc(C)c(S(=O)(=O)NCC2=CCNCC2)cc1C(C)C. The van der Waals surface area contributed by atoms with E-state index in [-0.39, 0.29) is 5.92 Å². The lowest BCUT2D eigenvalue weighted by molar-refractivity contribution is 0.406. The van der Waals surface area contributed by atoms with Gasteiger partial charge in [0.05, 0.1) is 12.0 Å². The fourth-order valence-corrected chi connectivity index (χ4v) is 3.99. The molecular formula is C17H26N2O3S. The molecule has 0 atom stereocenters. The molecule has 0 amide bonds. The van der Waals surface area contributed by atoms with Crippen LogP contribution in [0.15, 0.2) is 28.7 Å². The molecule has 1 aliphatic rings. The van der Waals surface area contributed by atoms with E-state index in [9.17, 15) is 8.42 Å². The van der Waals surface area contributed by atoms with Gasteiger partial charge in [-0.15, -0.1) is 0 Å². The third-order valence-corrected chi connectivity index (χ3v) is 5.63. The fourth-order valence-electron chi connectivity index (χ4n) is 2.69. The molecule has 0 unspecified atom stereocenters.